The average molecular weight is 451 g/mol. The van der Waals surface area contributed by atoms with Crippen LogP contribution in [0, 0.1) is 0 Å². The first-order valence-corrected chi connectivity index (χ1v) is 11.8. The zero-order valence-electron chi connectivity index (χ0n) is 19.8. The topological polar surface area (TPSA) is 55.6 Å². The zero-order valence-corrected chi connectivity index (χ0v) is 19.8. The van der Waals surface area contributed by atoms with E-state index in [1.807, 2.05) is 32.0 Å². The molecule has 0 unspecified atom stereocenters. The average Bonchev–Trinajstić information content (AvgIpc) is 3.25. The summed E-state index contributed by atoms with van der Waals surface area (Å²) in [5, 5.41) is 2.14. The molecule has 0 radical (unpaired) electrons. The fraction of sp³-hybridized carbons (Fsp3) is 0.233. The molecule has 0 saturated heterocycles. The van der Waals surface area contributed by atoms with Gasteiger partial charge in [-0.15, -0.1) is 0 Å². The normalized spacial score (nSPS) is 13.2. The van der Waals surface area contributed by atoms with E-state index in [1.165, 1.54) is 22.4 Å². The Bertz CT molecular complexity index is 1340. The lowest BCUT2D eigenvalue weighted by Crippen LogP contribution is -2.38. The molecule has 0 bridgehead atoms. The largest absolute Gasteiger partial charge is 0.460 e. The van der Waals surface area contributed by atoms with Crippen LogP contribution in [-0.2, 0) is 17.7 Å². The summed E-state index contributed by atoms with van der Waals surface area (Å²) >= 11 is 0. The highest BCUT2D eigenvalue weighted by Gasteiger charge is 2.24. The number of para-hydroxylation sites is 1. The molecule has 4 aromatic carbocycles. The highest BCUT2D eigenvalue weighted by Crippen LogP contribution is 2.41. The van der Waals surface area contributed by atoms with E-state index >= 15 is 0 Å². The van der Waals surface area contributed by atoms with Crippen molar-refractivity contribution in [2.45, 2.75) is 32.4 Å². The molecule has 0 aliphatic carbocycles. The van der Waals surface area contributed by atoms with E-state index in [1.54, 1.807) is 0 Å². The van der Waals surface area contributed by atoms with Gasteiger partial charge in [-0.1, -0.05) is 72.8 Å². The number of nitrogens with two attached hydrogens (primary N) is 1. The quantitative estimate of drug-likeness (QED) is 0.368. The minimum absolute atomic E-state index is 0.173. The molecule has 1 aliphatic rings. The third kappa shape index (κ3) is 4.55. The summed E-state index contributed by atoms with van der Waals surface area (Å²) in [7, 11) is 0. The van der Waals surface area contributed by atoms with Crippen molar-refractivity contribution in [2.24, 2.45) is 5.73 Å². The molecule has 1 heterocycles. The number of hydrogen-bond acceptors (Lipinski definition) is 4. The molecule has 0 atom stereocenters. The monoisotopic (exact) mass is 450 g/mol. The fourth-order valence-electron chi connectivity index (χ4n) is 4.68. The van der Waals surface area contributed by atoms with Crippen molar-refractivity contribution in [3.05, 3.63) is 102 Å². The summed E-state index contributed by atoms with van der Waals surface area (Å²) in [4.78, 5) is 15.2. The lowest BCUT2D eigenvalue weighted by molar-refractivity contribution is 0.0433. The van der Waals surface area contributed by atoms with Gasteiger partial charge in [-0.2, -0.15) is 0 Å². The van der Waals surface area contributed by atoms with Gasteiger partial charge < -0.3 is 15.4 Å². The number of carbonyl (C=O) groups is 1. The molecule has 0 aromatic heterocycles. The Kier molecular flexibility index (Phi) is 5.84. The van der Waals surface area contributed by atoms with Crippen LogP contribution in [0.3, 0.4) is 0 Å². The van der Waals surface area contributed by atoms with Gasteiger partial charge in [0.1, 0.15) is 6.61 Å². The second-order valence-corrected chi connectivity index (χ2v) is 9.78. The minimum atomic E-state index is -0.565. The predicted molar refractivity (Wildman–Crippen MR) is 139 cm³/mol. The standard InChI is InChI=1S/C30H30N2O2/c1-30(2,31)20-34-29(33)24-15-14-22-10-6-12-25(27(22)18-24)26-13-7-11-23-16-17-32(28(23)26)19-21-8-4-3-5-9-21/h3-15,18H,16-17,19-20,31H2,1-2H3. The van der Waals surface area contributed by atoms with Crippen LogP contribution in [0.5, 0.6) is 0 Å². The Morgan fingerprint density at radius 1 is 0.941 bits per heavy atom. The number of hydrogen-bond donors (Lipinski definition) is 1. The Balaban J connectivity index is 1.55. The summed E-state index contributed by atoms with van der Waals surface area (Å²) in [5.74, 6) is -0.348. The number of anilines is 1. The molecule has 2 N–H and O–H groups in total. The molecule has 172 valence electrons. The maximum Gasteiger partial charge on any atom is 0.338 e. The van der Waals surface area contributed by atoms with Crippen molar-refractivity contribution < 1.29 is 9.53 Å². The van der Waals surface area contributed by atoms with Crippen molar-refractivity contribution in [3.63, 3.8) is 0 Å². The Labute approximate surface area is 201 Å². The second-order valence-electron chi connectivity index (χ2n) is 9.78. The molecule has 0 amide bonds. The van der Waals surface area contributed by atoms with Crippen LogP contribution in [0.1, 0.15) is 35.3 Å². The molecular formula is C30H30N2O2. The highest BCUT2D eigenvalue weighted by atomic mass is 16.5. The number of carbonyl (C=O) groups excluding carboxylic acids is 1. The van der Waals surface area contributed by atoms with Gasteiger partial charge in [-0.25, -0.2) is 4.79 Å². The van der Waals surface area contributed by atoms with Crippen molar-refractivity contribution in [2.75, 3.05) is 18.1 Å². The third-order valence-electron chi connectivity index (χ3n) is 6.29. The molecular weight excluding hydrogens is 420 g/mol. The van der Waals surface area contributed by atoms with E-state index in [2.05, 4.69) is 71.6 Å². The van der Waals surface area contributed by atoms with Crippen LogP contribution in [0.4, 0.5) is 5.69 Å². The van der Waals surface area contributed by atoms with E-state index in [9.17, 15) is 4.79 Å². The van der Waals surface area contributed by atoms with Gasteiger partial charge in [0.25, 0.3) is 0 Å². The molecule has 5 rings (SSSR count). The summed E-state index contributed by atoms with van der Waals surface area (Å²) < 4.78 is 5.47. The summed E-state index contributed by atoms with van der Waals surface area (Å²) in [6.45, 7) is 5.73. The SMILES string of the molecule is CC(C)(N)COC(=O)c1ccc2cccc(-c3cccc4c3N(Cc3ccccc3)CC4)c2c1. The first-order valence-electron chi connectivity index (χ1n) is 11.8. The second kappa shape index (κ2) is 8.96. The number of ether oxygens (including phenoxy) is 1. The van der Waals surface area contributed by atoms with Crippen molar-refractivity contribution >= 4 is 22.4 Å². The van der Waals surface area contributed by atoms with E-state index in [-0.39, 0.29) is 12.6 Å². The summed E-state index contributed by atoms with van der Waals surface area (Å²) in [6, 6.07) is 29.3. The van der Waals surface area contributed by atoms with Gasteiger partial charge >= 0.3 is 5.97 Å². The van der Waals surface area contributed by atoms with Gasteiger partial charge in [0.2, 0.25) is 0 Å². The Morgan fingerprint density at radius 2 is 1.71 bits per heavy atom. The first-order chi connectivity index (χ1) is 16.4. The third-order valence-corrected chi connectivity index (χ3v) is 6.29. The molecule has 34 heavy (non-hydrogen) atoms. The van der Waals surface area contributed by atoms with Crippen LogP contribution < -0.4 is 10.6 Å². The van der Waals surface area contributed by atoms with Gasteiger partial charge in [-0.3, -0.25) is 0 Å². The minimum Gasteiger partial charge on any atom is -0.460 e. The van der Waals surface area contributed by atoms with Crippen LogP contribution in [-0.4, -0.2) is 24.7 Å². The maximum atomic E-state index is 12.7. The van der Waals surface area contributed by atoms with Crippen molar-refractivity contribution in [3.8, 4) is 11.1 Å². The zero-order chi connectivity index (χ0) is 23.7. The van der Waals surface area contributed by atoms with Crippen molar-refractivity contribution in [1.82, 2.24) is 0 Å². The lowest BCUT2D eigenvalue weighted by atomic mass is 9.94. The highest BCUT2D eigenvalue weighted by molar-refractivity contribution is 6.04. The van der Waals surface area contributed by atoms with Gasteiger partial charge in [0.05, 0.1) is 5.56 Å². The molecule has 1 aliphatic heterocycles. The first kappa shape index (κ1) is 22.2. The van der Waals surface area contributed by atoms with Crippen LogP contribution in [0.25, 0.3) is 21.9 Å². The predicted octanol–water partition coefficient (Wildman–Crippen LogP) is 5.96. The van der Waals surface area contributed by atoms with E-state index in [0.717, 1.165) is 35.8 Å². The van der Waals surface area contributed by atoms with Crippen LogP contribution in [0.2, 0.25) is 0 Å². The Morgan fingerprint density at radius 3 is 2.50 bits per heavy atom. The molecule has 4 heteroatoms. The van der Waals surface area contributed by atoms with Crippen LogP contribution >= 0.6 is 0 Å². The number of rotatable bonds is 6. The maximum absolute atomic E-state index is 12.7. The number of benzene rings is 4. The molecule has 0 saturated carbocycles. The molecule has 0 fully saturated rings. The van der Waals surface area contributed by atoms with Crippen molar-refractivity contribution in [1.29, 1.82) is 0 Å². The summed E-state index contributed by atoms with van der Waals surface area (Å²) in [5.41, 5.74) is 12.2. The summed E-state index contributed by atoms with van der Waals surface area (Å²) in [6.07, 6.45) is 1.03. The number of esters is 1. The number of nitrogens with zero attached hydrogens (tertiary/aromatic N) is 1. The smallest absolute Gasteiger partial charge is 0.338 e. The molecule has 0 spiro atoms. The fourth-order valence-corrected chi connectivity index (χ4v) is 4.68. The molecule has 4 nitrogen and oxygen atoms in total. The van der Waals surface area contributed by atoms with Gasteiger partial charge in [0.15, 0.2) is 0 Å². The molecule has 4 aromatic rings. The lowest BCUT2D eigenvalue weighted by Gasteiger charge is -2.23. The van der Waals surface area contributed by atoms with E-state index < -0.39 is 5.54 Å². The Hall–Kier alpha value is -3.63. The van der Waals surface area contributed by atoms with E-state index in [4.69, 9.17) is 10.5 Å². The van der Waals surface area contributed by atoms with Crippen LogP contribution in [0.15, 0.2) is 84.9 Å². The van der Waals surface area contributed by atoms with E-state index in [0.29, 0.717) is 5.56 Å². The van der Waals surface area contributed by atoms with Gasteiger partial charge in [0, 0.05) is 29.9 Å². The van der Waals surface area contributed by atoms with Gasteiger partial charge in [-0.05, 0) is 59.9 Å². The number of fused-ring (bicyclic) bond motifs is 2.